The number of hydrogen-bond donors (Lipinski definition) is 1. The fraction of sp³-hybridized carbons (Fsp3) is 0.294. The van der Waals surface area contributed by atoms with Gasteiger partial charge in [0.1, 0.15) is 5.75 Å². The third-order valence-electron chi connectivity index (χ3n) is 2.94. The number of ether oxygens (including phenoxy) is 1. The number of benzene rings is 2. The Morgan fingerprint density at radius 3 is 2.76 bits per heavy atom. The lowest BCUT2D eigenvalue weighted by Crippen LogP contribution is -2.05. The van der Waals surface area contributed by atoms with E-state index in [9.17, 15) is 5.11 Å². The molecule has 0 heterocycles. The molecular formula is C17H19BrO2S. The maximum Gasteiger partial charge on any atom is 0.125 e. The van der Waals surface area contributed by atoms with Gasteiger partial charge in [-0.15, -0.1) is 11.8 Å². The zero-order valence-corrected chi connectivity index (χ0v) is 14.4. The summed E-state index contributed by atoms with van der Waals surface area (Å²) in [5.41, 5.74) is 0.855. The van der Waals surface area contributed by atoms with Crippen LogP contribution in [0.5, 0.6) is 5.75 Å². The molecule has 0 aliphatic carbocycles. The Balaban J connectivity index is 2.01. The molecule has 2 nitrogen and oxygen atoms in total. The molecule has 0 spiro atoms. The third-order valence-corrected chi connectivity index (χ3v) is 4.51. The van der Waals surface area contributed by atoms with Crippen molar-refractivity contribution < 1.29 is 9.84 Å². The van der Waals surface area contributed by atoms with Crippen LogP contribution in [0, 0.1) is 0 Å². The van der Waals surface area contributed by atoms with Crippen molar-refractivity contribution in [3.8, 4) is 5.75 Å². The van der Waals surface area contributed by atoms with Gasteiger partial charge in [0.25, 0.3) is 0 Å². The van der Waals surface area contributed by atoms with Crippen molar-refractivity contribution in [1.82, 2.24) is 0 Å². The second-order valence-corrected chi connectivity index (χ2v) is 6.68. The van der Waals surface area contributed by atoms with Gasteiger partial charge in [-0.1, -0.05) is 47.1 Å². The van der Waals surface area contributed by atoms with Crippen LogP contribution in [0.2, 0.25) is 0 Å². The first-order valence-corrected chi connectivity index (χ1v) is 8.76. The highest BCUT2D eigenvalue weighted by Gasteiger charge is 2.13. The van der Waals surface area contributed by atoms with E-state index in [1.165, 1.54) is 0 Å². The second-order valence-electron chi connectivity index (χ2n) is 4.67. The molecule has 0 aromatic heterocycles. The molecule has 1 atom stereocenters. The highest BCUT2D eigenvalue weighted by atomic mass is 79.9. The number of rotatable bonds is 7. The number of aliphatic hydroxyl groups is 1. The number of thioether (sulfide) groups is 1. The molecule has 2 rings (SSSR count). The van der Waals surface area contributed by atoms with Crippen LogP contribution in [0.1, 0.15) is 25.0 Å². The molecule has 0 bridgehead atoms. The first kappa shape index (κ1) is 16.4. The second kappa shape index (κ2) is 8.47. The van der Waals surface area contributed by atoms with Crippen LogP contribution in [0.3, 0.4) is 0 Å². The quantitative estimate of drug-likeness (QED) is 0.694. The maximum atomic E-state index is 10.4. The van der Waals surface area contributed by atoms with E-state index < -0.39 is 6.10 Å². The van der Waals surface area contributed by atoms with Gasteiger partial charge in [-0.05, 0) is 30.7 Å². The van der Waals surface area contributed by atoms with Crippen LogP contribution in [0.25, 0.3) is 0 Å². The molecule has 0 aliphatic rings. The smallest absolute Gasteiger partial charge is 0.125 e. The van der Waals surface area contributed by atoms with Gasteiger partial charge < -0.3 is 9.84 Å². The Hall–Kier alpha value is -0.970. The highest BCUT2D eigenvalue weighted by Crippen LogP contribution is 2.31. The molecule has 4 heteroatoms. The lowest BCUT2D eigenvalue weighted by Gasteiger charge is -2.15. The van der Waals surface area contributed by atoms with Crippen molar-refractivity contribution in [2.45, 2.75) is 24.3 Å². The van der Waals surface area contributed by atoms with E-state index >= 15 is 0 Å². The lowest BCUT2D eigenvalue weighted by molar-refractivity contribution is 0.195. The van der Waals surface area contributed by atoms with Gasteiger partial charge in [0.15, 0.2) is 0 Å². The summed E-state index contributed by atoms with van der Waals surface area (Å²) in [6, 6.07) is 15.8. The Kier molecular flexibility index (Phi) is 6.61. The maximum absolute atomic E-state index is 10.4. The normalized spacial score (nSPS) is 12.1. The molecule has 0 saturated carbocycles. The van der Waals surface area contributed by atoms with E-state index in [0.717, 1.165) is 27.1 Å². The third kappa shape index (κ3) is 5.06. The molecule has 1 N–H and O–H groups in total. The van der Waals surface area contributed by atoms with Gasteiger partial charge in [0, 0.05) is 20.7 Å². The summed E-state index contributed by atoms with van der Waals surface area (Å²) in [6.45, 7) is 2.74. The van der Waals surface area contributed by atoms with E-state index in [4.69, 9.17) is 4.74 Å². The molecule has 0 saturated heterocycles. The number of hydrogen-bond acceptors (Lipinski definition) is 3. The van der Waals surface area contributed by atoms with Crippen molar-refractivity contribution >= 4 is 27.7 Å². The van der Waals surface area contributed by atoms with Gasteiger partial charge in [0.05, 0.1) is 12.7 Å². The van der Waals surface area contributed by atoms with Gasteiger partial charge in [-0.2, -0.15) is 0 Å². The van der Waals surface area contributed by atoms with E-state index in [1.807, 2.05) is 42.5 Å². The molecule has 0 amide bonds. The Morgan fingerprint density at radius 2 is 2.00 bits per heavy atom. The van der Waals surface area contributed by atoms with Gasteiger partial charge in [-0.3, -0.25) is 0 Å². The largest absolute Gasteiger partial charge is 0.493 e. The zero-order valence-electron chi connectivity index (χ0n) is 12.0. The number of para-hydroxylation sites is 1. The average Bonchev–Trinajstić information content (AvgIpc) is 2.51. The van der Waals surface area contributed by atoms with Gasteiger partial charge >= 0.3 is 0 Å². The molecule has 1 unspecified atom stereocenters. The van der Waals surface area contributed by atoms with Crippen molar-refractivity contribution in [3.63, 3.8) is 0 Å². The van der Waals surface area contributed by atoms with Crippen LogP contribution >= 0.6 is 27.7 Å². The van der Waals surface area contributed by atoms with Crippen molar-refractivity contribution in [2.24, 2.45) is 0 Å². The van der Waals surface area contributed by atoms with E-state index in [2.05, 4.69) is 28.9 Å². The molecule has 21 heavy (non-hydrogen) atoms. The molecule has 2 aromatic rings. The predicted octanol–water partition coefficient (Wildman–Crippen LogP) is 5.06. The van der Waals surface area contributed by atoms with Crippen molar-refractivity contribution in [3.05, 3.63) is 58.6 Å². The van der Waals surface area contributed by atoms with Crippen molar-refractivity contribution in [2.75, 3.05) is 12.4 Å². The number of aliphatic hydroxyl groups excluding tert-OH is 1. The topological polar surface area (TPSA) is 29.5 Å². The summed E-state index contributed by atoms with van der Waals surface area (Å²) in [5, 5.41) is 10.4. The summed E-state index contributed by atoms with van der Waals surface area (Å²) in [5.74, 6) is 1.38. The minimum atomic E-state index is -0.540. The van der Waals surface area contributed by atoms with E-state index in [-0.39, 0.29) is 0 Å². The van der Waals surface area contributed by atoms with Crippen LogP contribution in [0.4, 0.5) is 0 Å². The predicted molar refractivity (Wildman–Crippen MR) is 92.1 cm³/mol. The van der Waals surface area contributed by atoms with Crippen LogP contribution in [0.15, 0.2) is 57.9 Å². The Labute approximate surface area is 138 Å². The standard InChI is InChI=1S/C17H19BrO2S/c1-2-10-20-17-9-4-3-8-15(17)16(19)12-21-14-7-5-6-13(18)11-14/h3-9,11,16,19H,2,10,12H2,1H3. The zero-order chi connectivity index (χ0) is 15.1. The van der Waals surface area contributed by atoms with Gasteiger partial charge in [0.2, 0.25) is 0 Å². The Bertz CT molecular complexity index is 574. The molecule has 112 valence electrons. The SMILES string of the molecule is CCCOc1ccccc1C(O)CSc1cccc(Br)c1. The summed E-state index contributed by atoms with van der Waals surface area (Å²) in [4.78, 5) is 1.13. The van der Waals surface area contributed by atoms with Crippen LogP contribution < -0.4 is 4.74 Å². The lowest BCUT2D eigenvalue weighted by atomic mass is 10.1. The summed E-state index contributed by atoms with van der Waals surface area (Å²) in [6.07, 6.45) is 0.416. The van der Waals surface area contributed by atoms with E-state index in [1.54, 1.807) is 11.8 Å². The van der Waals surface area contributed by atoms with Crippen LogP contribution in [-0.2, 0) is 0 Å². The summed E-state index contributed by atoms with van der Waals surface area (Å²) >= 11 is 5.09. The molecule has 0 radical (unpaired) electrons. The minimum absolute atomic E-state index is 0.540. The fourth-order valence-corrected chi connectivity index (χ4v) is 3.39. The highest BCUT2D eigenvalue weighted by molar-refractivity contribution is 9.10. The summed E-state index contributed by atoms with van der Waals surface area (Å²) < 4.78 is 6.75. The molecule has 0 aliphatic heterocycles. The monoisotopic (exact) mass is 366 g/mol. The molecule has 2 aromatic carbocycles. The van der Waals surface area contributed by atoms with Gasteiger partial charge in [-0.25, -0.2) is 0 Å². The first-order valence-electron chi connectivity index (χ1n) is 6.99. The van der Waals surface area contributed by atoms with E-state index in [0.29, 0.717) is 12.4 Å². The van der Waals surface area contributed by atoms with Crippen LogP contribution in [-0.4, -0.2) is 17.5 Å². The number of halogens is 1. The summed E-state index contributed by atoms with van der Waals surface area (Å²) in [7, 11) is 0. The van der Waals surface area contributed by atoms with Crippen molar-refractivity contribution in [1.29, 1.82) is 0 Å². The minimum Gasteiger partial charge on any atom is -0.493 e. The molecule has 0 fully saturated rings. The molecular weight excluding hydrogens is 348 g/mol. The fourth-order valence-electron chi connectivity index (χ4n) is 1.92. The Morgan fingerprint density at radius 1 is 1.19 bits per heavy atom. The average molecular weight is 367 g/mol. The first-order chi connectivity index (χ1) is 10.2.